The Morgan fingerprint density at radius 3 is 2.39 bits per heavy atom. The van der Waals surface area contributed by atoms with Crippen LogP contribution in [0, 0.1) is 0 Å². The van der Waals surface area contributed by atoms with Gasteiger partial charge in [-0.05, 0) is 24.6 Å². The molecule has 8 heteroatoms. The van der Waals surface area contributed by atoms with Gasteiger partial charge in [0.25, 0.3) is 11.5 Å². The van der Waals surface area contributed by atoms with E-state index in [0.29, 0.717) is 49.9 Å². The molecule has 0 unspecified atom stereocenters. The van der Waals surface area contributed by atoms with Gasteiger partial charge in [0.15, 0.2) is 0 Å². The molecule has 2 aromatic rings. The largest absolute Gasteiger partial charge is 0.338 e. The van der Waals surface area contributed by atoms with E-state index in [1.54, 1.807) is 28.1 Å². The van der Waals surface area contributed by atoms with Crippen molar-refractivity contribution in [1.29, 1.82) is 0 Å². The molecule has 1 fully saturated rings. The van der Waals surface area contributed by atoms with Gasteiger partial charge in [0, 0.05) is 50.0 Å². The lowest BCUT2D eigenvalue weighted by atomic mass is 10.2. The summed E-state index contributed by atoms with van der Waals surface area (Å²) in [6, 6.07) is 10.1. The minimum Gasteiger partial charge on any atom is -0.338 e. The molecule has 1 aliphatic rings. The number of aromatic nitrogens is 1. The standard InChI is InChI=1S/C20H23ClN4O3/c1-2-22-20(28)24-11-9-23(10-12-24)19(27)16-7-8-18(26)25(14-16)13-15-5-3-4-6-17(15)21/h3-8,14H,2,9-13H2,1H3,(H,22,28). The lowest BCUT2D eigenvalue weighted by Crippen LogP contribution is -2.53. The van der Waals surface area contributed by atoms with Gasteiger partial charge in [-0.25, -0.2) is 4.79 Å². The number of nitrogens with one attached hydrogen (secondary N) is 1. The maximum absolute atomic E-state index is 12.9. The SMILES string of the molecule is CCNC(=O)N1CCN(C(=O)c2ccc(=O)n(Cc3ccccc3Cl)c2)CC1. The molecule has 1 aromatic heterocycles. The Morgan fingerprint density at radius 1 is 1.04 bits per heavy atom. The van der Waals surface area contributed by atoms with E-state index >= 15 is 0 Å². The van der Waals surface area contributed by atoms with Crippen molar-refractivity contribution in [3.05, 3.63) is 69.1 Å². The summed E-state index contributed by atoms with van der Waals surface area (Å²) in [5.41, 5.74) is 1.06. The molecule has 0 spiro atoms. The van der Waals surface area contributed by atoms with Crippen molar-refractivity contribution in [2.24, 2.45) is 0 Å². The van der Waals surface area contributed by atoms with Crippen LogP contribution in [0.5, 0.6) is 0 Å². The monoisotopic (exact) mass is 402 g/mol. The summed E-state index contributed by atoms with van der Waals surface area (Å²) < 4.78 is 1.49. The zero-order valence-corrected chi connectivity index (χ0v) is 16.5. The Kier molecular flexibility index (Phi) is 6.36. The number of carbonyl (C=O) groups excluding carboxylic acids is 2. The van der Waals surface area contributed by atoms with Crippen molar-refractivity contribution in [3.63, 3.8) is 0 Å². The third-order valence-corrected chi connectivity index (χ3v) is 5.08. The van der Waals surface area contributed by atoms with Crippen molar-refractivity contribution in [3.8, 4) is 0 Å². The second-order valence-corrected chi connectivity index (χ2v) is 7.00. The van der Waals surface area contributed by atoms with Crippen LogP contribution in [0.15, 0.2) is 47.4 Å². The van der Waals surface area contributed by atoms with Gasteiger partial charge in [0.2, 0.25) is 0 Å². The van der Waals surface area contributed by atoms with Crippen LogP contribution in [0.1, 0.15) is 22.8 Å². The third kappa shape index (κ3) is 4.54. The van der Waals surface area contributed by atoms with Gasteiger partial charge in [0.05, 0.1) is 12.1 Å². The molecule has 3 amide bonds. The van der Waals surface area contributed by atoms with Gasteiger partial charge in [-0.2, -0.15) is 0 Å². The van der Waals surface area contributed by atoms with Gasteiger partial charge < -0.3 is 19.7 Å². The maximum Gasteiger partial charge on any atom is 0.317 e. The van der Waals surface area contributed by atoms with Crippen molar-refractivity contribution in [1.82, 2.24) is 19.7 Å². The average molecular weight is 403 g/mol. The molecule has 0 radical (unpaired) electrons. The first-order valence-electron chi connectivity index (χ1n) is 9.25. The average Bonchev–Trinajstić information content (AvgIpc) is 2.71. The summed E-state index contributed by atoms with van der Waals surface area (Å²) in [6.07, 6.45) is 1.57. The van der Waals surface area contributed by atoms with Gasteiger partial charge >= 0.3 is 6.03 Å². The van der Waals surface area contributed by atoms with E-state index < -0.39 is 0 Å². The first-order chi connectivity index (χ1) is 13.5. The number of amides is 3. The number of urea groups is 1. The van der Waals surface area contributed by atoms with Crippen LogP contribution in [-0.4, -0.2) is 59.0 Å². The van der Waals surface area contributed by atoms with Crippen LogP contribution in [0.25, 0.3) is 0 Å². The third-order valence-electron chi connectivity index (χ3n) is 4.71. The first-order valence-corrected chi connectivity index (χ1v) is 9.63. The van der Waals surface area contributed by atoms with Crippen molar-refractivity contribution < 1.29 is 9.59 Å². The number of rotatable bonds is 4. The number of hydrogen-bond acceptors (Lipinski definition) is 3. The maximum atomic E-state index is 12.9. The second-order valence-electron chi connectivity index (χ2n) is 6.59. The summed E-state index contributed by atoms with van der Waals surface area (Å²) in [6.45, 7) is 4.62. The number of halogens is 1. The Bertz CT molecular complexity index is 920. The molecule has 28 heavy (non-hydrogen) atoms. The van der Waals surface area contributed by atoms with Crippen molar-refractivity contribution in [2.75, 3.05) is 32.7 Å². The summed E-state index contributed by atoms with van der Waals surface area (Å²) in [5, 5.41) is 3.34. The van der Waals surface area contributed by atoms with Crippen molar-refractivity contribution >= 4 is 23.5 Å². The highest BCUT2D eigenvalue weighted by Crippen LogP contribution is 2.16. The molecule has 3 rings (SSSR count). The molecule has 7 nitrogen and oxygen atoms in total. The van der Waals surface area contributed by atoms with Crippen molar-refractivity contribution in [2.45, 2.75) is 13.5 Å². The summed E-state index contributed by atoms with van der Waals surface area (Å²) >= 11 is 6.18. The van der Waals surface area contributed by atoms with Crippen LogP contribution >= 0.6 is 11.6 Å². The topological polar surface area (TPSA) is 74.7 Å². The number of piperazine rings is 1. The van der Waals surface area contributed by atoms with E-state index in [-0.39, 0.29) is 17.5 Å². The minimum atomic E-state index is -0.197. The van der Waals surface area contributed by atoms with E-state index in [9.17, 15) is 14.4 Å². The Hall–Kier alpha value is -2.80. The molecule has 2 heterocycles. The number of benzene rings is 1. The Labute approximate surface area is 168 Å². The zero-order chi connectivity index (χ0) is 20.1. The van der Waals surface area contributed by atoms with Crippen LogP contribution in [0.3, 0.4) is 0 Å². The van der Waals surface area contributed by atoms with Gasteiger partial charge in [-0.15, -0.1) is 0 Å². The highest BCUT2D eigenvalue weighted by atomic mass is 35.5. The molecule has 1 aliphatic heterocycles. The molecule has 1 saturated heterocycles. The molecule has 0 saturated carbocycles. The molecule has 0 bridgehead atoms. The van der Waals surface area contributed by atoms with Crippen LogP contribution < -0.4 is 10.9 Å². The zero-order valence-electron chi connectivity index (χ0n) is 15.7. The summed E-state index contributed by atoms with van der Waals surface area (Å²) in [5.74, 6) is -0.150. The molecule has 1 N–H and O–H groups in total. The molecule has 148 valence electrons. The predicted molar refractivity (Wildman–Crippen MR) is 108 cm³/mol. The van der Waals surface area contributed by atoms with E-state index in [2.05, 4.69) is 5.32 Å². The van der Waals surface area contributed by atoms with Crippen LogP contribution in [-0.2, 0) is 6.54 Å². The molecular formula is C20H23ClN4O3. The van der Waals surface area contributed by atoms with E-state index in [0.717, 1.165) is 5.56 Å². The normalized spacial score (nSPS) is 14.1. The summed E-state index contributed by atoms with van der Waals surface area (Å²) in [4.78, 5) is 40.4. The molecule has 0 aliphatic carbocycles. The van der Waals surface area contributed by atoms with Gasteiger partial charge in [0.1, 0.15) is 0 Å². The van der Waals surface area contributed by atoms with E-state index in [4.69, 9.17) is 11.6 Å². The quantitative estimate of drug-likeness (QED) is 0.850. The van der Waals surface area contributed by atoms with Crippen LogP contribution in [0.2, 0.25) is 5.02 Å². The lowest BCUT2D eigenvalue weighted by Gasteiger charge is -2.34. The molecule has 1 aromatic carbocycles. The summed E-state index contributed by atoms with van der Waals surface area (Å²) in [7, 11) is 0. The molecular weight excluding hydrogens is 380 g/mol. The highest BCUT2D eigenvalue weighted by Gasteiger charge is 2.25. The van der Waals surface area contributed by atoms with E-state index in [1.807, 2.05) is 25.1 Å². The smallest absolute Gasteiger partial charge is 0.317 e. The Balaban J connectivity index is 1.70. The fourth-order valence-electron chi connectivity index (χ4n) is 3.15. The van der Waals surface area contributed by atoms with Gasteiger partial charge in [-0.1, -0.05) is 29.8 Å². The Morgan fingerprint density at radius 2 is 1.71 bits per heavy atom. The predicted octanol–water partition coefficient (Wildman–Crippen LogP) is 2.04. The second kappa shape index (κ2) is 8.93. The number of hydrogen-bond donors (Lipinski definition) is 1. The lowest BCUT2D eigenvalue weighted by molar-refractivity contribution is 0.0664. The minimum absolute atomic E-state index is 0.108. The highest BCUT2D eigenvalue weighted by molar-refractivity contribution is 6.31. The molecule has 0 atom stereocenters. The fraction of sp³-hybridized carbons (Fsp3) is 0.350. The first kappa shape index (κ1) is 19.9. The fourth-order valence-corrected chi connectivity index (χ4v) is 3.35. The van der Waals surface area contributed by atoms with Crippen LogP contribution in [0.4, 0.5) is 4.79 Å². The van der Waals surface area contributed by atoms with E-state index in [1.165, 1.54) is 10.6 Å². The number of pyridine rings is 1. The number of nitrogens with zero attached hydrogens (tertiary/aromatic N) is 3. The van der Waals surface area contributed by atoms with Gasteiger partial charge in [-0.3, -0.25) is 9.59 Å². The number of carbonyl (C=O) groups is 2.